The normalized spacial score (nSPS) is 12.3. The Morgan fingerprint density at radius 1 is 1.33 bits per heavy atom. The van der Waals surface area contributed by atoms with E-state index in [2.05, 4.69) is 36.3 Å². The van der Waals surface area contributed by atoms with Crippen molar-refractivity contribution >= 4 is 44.6 Å². The predicted molar refractivity (Wildman–Crippen MR) is 97.7 cm³/mol. The average molecular weight is 406 g/mol. The van der Waals surface area contributed by atoms with Crippen LogP contribution in [0.15, 0.2) is 46.3 Å². The van der Waals surface area contributed by atoms with Gasteiger partial charge in [-0.2, -0.15) is 5.10 Å². The van der Waals surface area contributed by atoms with E-state index in [4.69, 9.17) is 0 Å². The summed E-state index contributed by atoms with van der Waals surface area (Å²) in [5.41, 5.74) is 1.82. The summed E-state index contributed by atoms with van der Waals surface area (Å²) in [7, 11) is 1.83. The summed E-state index contributed by atoms with van der Waals surface area (Å²) in [5, 5.41) is 8.80. The lowest BCUT2D eigenvalue weighted by Crippen LogP contribution is -2.28. The number of hydrogen-bond acceptors (Lipinski definition) is 5. The van der Waals surface area contributed by atoms with Gasteiger partial charge in [0.05, 0.1) is 23.4 Å². The van der Waals surface area contributed by atoms with Gasteiger partial charge >= 0.3 is 0 Å². The minimum atomic E-state index is -0.0463. The quantitative estimate of drug-likeness (QED) is 0.521. The van der Waals surface area contributed by atoms with Gasteiger partial charge in [0.2, 0.25) is 5.91 Å². The van der Waals surface area contributed by atoms with Crippen LogP contribution in [0.2, 0.25) is 0 Å². The minimum Gasteiger partial charge on any atom is -0.349 e. The number of nitrogens with one attached hydrogen (secondary N) is 1. The van der Waals surface area contributed by atoms with Crippen LogP contribution >= 0.6 is 27.7 Å². The van der Waals surface area contributed by atoms with Gasteiger partial charge in [0.15, 0.2) is 5.65 Å². The molecule has 1 amide bonds. The summed E-state index contributed by atoms with van der Waals surface area (Å²) < 4.78 is 2.71. The van der Waals surface area contributed by atoms with E-state index in [0.717, 1.165) is 26.1 Å². The lowest BCUT2D eigenvalue weighted by molar-refractivity contribution is -0.119. The molecule has 0 aliphatic carbocycles. The molecule has 0 aliphatic rings. The van der Waals surface area contributed by atoms with E-state index in [0.29, 0.717) is 5.75 Å². The van der Waals surface area contributed by atoms with Crippen molar-refractivity contribution in [2.45, 2.75) is 18.0 Å². The van der Waals surface area contributed by atoms with Crippen molar-refractivity contribution in [3.05, 3.63) is 46.8 Å². The zero-order chi connectivity index (χ0) is 17.1. The van der Waals surface area contributed by atoms with Crippen LogP contribution in [0.5, 0.6) is 0 Å². The molecule has 0 saturated carbocycles. The zero-order valence-corrected chi connectivity index (χ0v) is 15.6. The highest BCUT2D eigenvalue weighted by molar-refractivity contribution is 9.10. The Hall–Kier alpha value is -1.93. The Labute approximate surface area is 152 Å². The van der Waals surface area contributed by atoms with Crippen LogP contribution in [0.3, 0.4) is 0 Å². The van der Waals surface area contributed by atoms with Crippen LogP contribution in [0, 0.1) is 0 Å². The molecule has 24 heavy (non-hydrogen) atoms. The van der Waals surface area contributed by atoms with Crippen LogP contribution in [0.1, 0.15) is 18.5 Å². The van der Waals surface area contributed by atoms with Gasteiger partial charge in [0.1, 0.15) is 11.4 Å². The fraction of sp³-hybridized carbons (Fsp3) is 0.250. The van der Waals surface area contributed by atoms with Gasteiger partial charge in [-0.25, -0.2) is 9.97 Å². The number of rotatable bonds is 5. The molecule has 0 saturated heterocycles. The summed E-state index contributed by atoms with van der Waals surface area (Å²) in [6, 6.07) is 7.87. The Kier molecular flexibility index (Phi) is 5.15. The number of hydrogen-bond donors (Lipinski definition) is 1. The molecule has 1 unspecified atom stereocenters. The molecule has 124 valence electrons. The number of carbonyl (C=O) groups is 1. The smallest absolute Gasteiger partial charge is 0.230 e. The van der Waals surface area contributed by atoms with Crippen molar-refractivity contribution in [2.75, 3.05) is 5.75 Å². The van der Waals surface area contributed by atoms with E-state index >= 15 is 0 Å². The van der Waals surface area contributed by atoms with E-state index in [1.54, 1.807) is 10.9 Å². The molecule has 1 N–H and O–H groups in total. The van der Waals surface area contributed by atoms with E-state index in [1.807, 2.05) is 38.2 Å². The maximum Gasteiger partial charge on any atom is 0.230 e. The van der Waals surface area contributed by atoms with Crippen molar-refractivity contribution < 1.29 is 4.79 Å². The number of benzene rings is 1. The first-order chi connectivity index (χ1) is 11.5. The fourth-order valence-corrected chi connectivity index (χ4v) is 3.34. The first-order valence-corrected chi connectivity index (χ1v) is 9.13. The largest absolute Gasteiger partial charge is 0.349 e. The van der Waals surface area contributed by atoms with Crippen LogP contribution < -0.4 is 5.32 Å². The number of amides is 1. The fourth-order valence-electron chi connectivity index (χ4n) is 2.31. The van der Waals surface area contributed by atoms with Crippen molar-refractivity contribution in [1.82, 2.24) is 25.1 Å². The molecule has 3 rings (SSSR count). The number of thioether (sulfide) groups is 1. The lowest BCUT2D eigenvalue weighted by atomic mass is 10.1. The van der Waals surface area contributed by atoms with Gasteiger partial charge in [0.25, 0.3) is 0 Å². The van der Waals surface area contributed by atoms with E-state index in [-0.39, 0.29) is 11.9 Å². The molecular formula is C16H16BrN5OS. The monoisotopic (exact) mass is 405 g/mol. The SMILES string of the molecule is CC(NC(=O)CSc1ncnc2c1cnn2C)c1ccc(Br)cc1. The molecule has 6 nitrogen and oxygen atoms in total. The summed E-state index contributed by atoms with van der Waals surface area (Å²) in [6.07, 6.45) is 3.22. The maximum atomic E-state index is 12.2. The van der Waals surface area contributed by atoms with Crippen LogP contribution in [-0.2, 0) is 11.8 Å². The zero-order valence-electron chi connectivity index (χ0n) is 13.2. The Morgan fingerprint density at radius 2 is 2.08 bits per heavy atom. The maximum absolute atomic E-state index is 12.2. The van der Waals surface area contributed by atoms with E-state index in [9.17, 15) is 4.79 Å². The Morgan fingerprint density at radius 3 is 2.83 bits per heavy atom. The van der Waals surface area contributed by atoms with Crippen LogP contribution in [-0.4, -0.2) is 31.4 Å². The molecule has 0 spiro atoms. The second kappa shape index (κ2) is 7.31. The second-order valence-electron chi connectivity index (χ2n) is 5.31. The number of carbonyl (C=O) groups excluding carboxylic acids is 1. The van der Waals surface area contributed by atoms with Gasteiger partial charge in [-0.15, -0.1) is 0 Å². The predicted octanol–water partition coefficient (Wildman–Crippen LogP) is 3.10. The average Bonchev–Trinajstić information content (AvgIpc) is 2.95. The molecule has 2 aromatic heterocycles. The topological polar surface area (TPSA) is 72.7 Å². The molecule has 1 aromatic carbocycles. The third-order valence-electron chi connectivity index (χ3n) is 3.58. The highest BCUT2D eigenvalue weighted by Crippen LogP contribution is 2.24. The summed E-state index contributed by atoms with van der Waals surface area (Å²) in [6.45, 7) is 1.97. The molecule has 0 bridgehead atoms. The Bertz CT molecular complexity index is 865. The minimum absolute atomic E-state index is 0.0360. The summed E-state index contributed by atoms with van der Waals surface area (Å²) in [4.78, 5) is 20.7. The van der Waals surface area contributed by atoms with Gasteiger partial charge in [-0.05, 0) is 24.6 Å². The van der Waals surface area contributed by atoms with Crippen LogP contribution in [0.25, 0.3) is 11.0 Å². The molecule has 0 aliphatic heterocycles. The molecule has 1 atom stereocenters. The first-order valence-electron chi connectivity index (χ1n) is 7.35. The van der Waals surface area contributed by atoms with Gasteiger partial charge in [-0.3, -0.25) is 9.48 Å². The van der Waals surface area contributed by atoms with E-state index in [1.165, 1.54) is 18.1 Å². The van der Waals surface area contributed by atoms with Crippen molar-refractivity contribution in [3.63, 3.8) is 0 Å². The van der Waals surface area contributed by atoms with Crippen molar-refractivity contribution in [1.29, 1.82) is 0 Å². The second-order valence-corrected chi connectivity index (χ2v) is 7.19. The third kappa shape index (κ3) is 3.76. The summed E-state index contributed by atoms with van der Waals surface area (Å²) in [5.74, 6) is 0.257. The molecule has 0 radical (unpaired) electrons. The van der Waals surface area contributed by atoms with Gasteiger partial charge in [0, 0.05) is 11.5 Å². The number of fused-ring (bicyclic) bond motifs is 1. The number of nitrogens with zero attached hydrogens (tertiary/aromatic N) is 4. The highest BCUT2D eigenvalue weighted by Gasteiger charge is 2.13. The van der Waals surface area contributed by atoms with Crippen LogP contribution in [0.4, 0.5) is 0 Å². The molecular weight excluding hydrogens is 390 g/mol. The number of halogens is 1. The van der Waals surface area contributed by atoms with Crippen molar-refractivity contribution in [2.24, 2.45) is 7.05 Å². The molecule has 3 aromatic rings. The van der Waals surface area contributed by atoms with E-state index < -0.39 is 0 Å². The standard InChI is InChI=1S/C16H16BrN5OS/c1-10(11-3-5-12(17)6-4-11)21-14(23)8-24-16-13-7-20-22(2)15(13)18-9-19-16/h3-7,9-10H,8H2,1-2H3,(H,21,23). The molecule has 8 heteroatoms. The molecule has 0 fully saturated rings. The number of aromatic nitrogens is 4. The van der Waals surface area contributed by atoms with Crippen molar-refractivity contribution in [3.8, 4) is 0 Å². The highest BCUT2D eigenvalue weighted by atomic mass is 79.9. The molecule has 2 heterocycles. The third-order valence-corrected chi connectivity index (χ3v) is 5.11. The number of aryl methyl sites for hydroxylation is 1. The Balaban J connectivity index is 1.61. The van der Waals surface area contributed by atoms with Gasteiger partial charge in [-0.1, -0.05) is 39.8 Å². The lowest BCUT2D eigenvalue weighted by Gasteiger charge is -2.14. The summed E-state index contributed by atoms with van der Waals surface area (Å²) >= 11 is 4.80. The van der Waals surface area contributed by atoms with Gasteiger partial charge < -0.3 is 5.32 Å². The first kappa shape index (κ1) is 16.9.